The lowest BCUT2D eigenvalue weighted by Gasteiger charge is -2.10. The predicted molar refractivity (Wildman–Crippen MR) is 93.6 cm³/mol. The smallest absolute Gasteiger partial charge is 0.248 e. The molecule has 1 N–H and O–H groups in total. The average Bonchev–Trinajstić information content (AvgIpc) is 3.01. The first-order valence-electron chi connectivity index (χ1n) is 6.44. The molecule has 0 bridgehead atoms. The van der Waals surface area contributed by atoms with Crippen molar-refractivity contribution in [3.8, 4) is 0 Å². The van der Waals surface area contributed by atoms with Crippen LogP contribution in [0.5, 0.6) is 0 Å². The van der Waals surface area contributed by atoms with Crippen molar-refractivity contribution in [3.05, 3.63) is 44.9 Å². The highest BCUT2D eigenvalue weighted by molar-refractivity contribution is 8.16. The van der Waals surface area contributed by atoms with Crippen LogP contribution in [0.3, 0.4) is 0 Å². The summed E-state index contributed by atoms with van der Waals surface area (Å²) in [5.74, 6) is -0.100. The highest BCUT2D eigenvalue weighted by atomic mass is 35.5. The molecule has 0 aliphatic carbocycles. The maximum Gasteiger partial charge on any atom is 0.248 e. The van der Waals surface area contributed by atoms with Gasteiger partial charge in [-0.2, -0.15) is 0 Å². The lowest BCUT2D eigenvalue weighted by atomic mass is 10.1. The van der Waals surface area contributed by atoms with E-state index >= 15 is 0 Å². The average molecular weight is 372 g/mol. The van der Waals surface area contributed by atoms with E-state index in [0.717, 1.165) is 10.4 Å². The van der Waals surface area contributed by atoms with Gasteiger partial charge in [-0.25, -0.2) is 9.88 Å². The van der Waals surface area contributed by atoms with E-state index in [1.807, 2.05) is 12.1 Å². The van der Waals surface area contributed by atoms with Crippen molar-refractivity contribution in [2.45, 2.75) is 18.6 Å². The molecule has 0 unspecified atom stereocenters. The number of amides is 1. The molecule has 8 heteroatoms. The molecule has 2 aromatic rings. The Hall–Kier alpha value is -1.08. The van der Waals surface area contributed by atoms with Crippen molar-refractivity contribution in [1.29, 1.82) is 5.41 Å². The first-order chi connectivity index (χ1) is 10.5. The van der Waals surface area contributed by atoms with Crippen LogP contribution in [-0.2, 0) is 11.2 Å². The largest absolute Gasteiger partial charge is 0.278 e. The summed E-state index contributed by atoms with van der Waals surface area (Å²) < 4.78 is 0. The molecule has 2 heterocycles. The van der Waals surface area contributed by atoms with E-state index in [2.05, 4.69) is 4.98 Å². The molecule has 0 saturated carbocycles. The van der Waals surface area contributed by atoms with Crippen molar-refractivity contribution in [2.75, 3.05) is 4.90 Å². The number of hydrogen-bond acceptors (Lipinski definition) is 5. The highest BCUT2D eigenvalue weighted by Gasteiger charge is 2.36. The molecule has 0 spiro atoms. The summed E-state index contributed by atoms with van der Waals surface area (Å²) in [6.07, 6.45) is 2.31. The molecule has 114 valence electrons. The van der Waals surface area contributed by atoms with Crippen LogP contribution in [0.1, 0.15) is 17.4 Å². The third-order valence-corrected chi connectivity index (χ3v) is 5.99. The Kier molecular flexibility index (Phi) is 4.45. The van der Waals surface area contributed by atoms with Gasteiger partial charge in [0.15, 0.2) is 10.3 Å². The molecule has 1 aromatic carbocycles. The van der Waals surface area contributed by atoms with Crippen LogP contribution in [-0.4, -0.2) is 21.3 Å². The summed E-state index contributed by atoms with van der Waals surface area (Å²) in [6.45, 7) is 1.79. The van der Waals surface area contributed by atoms with E-state index in [1.165, 1.54) is 28.0 Å². The molecule has 1 aromatic heterocycles. The van der Waals surface area contributed by atoms with Crippen molar-refractivity contribution >= 4 is 62.5 Å². The first-order valence-corrected chi connectivity index (χ1v) is 8.89. The minimum atomic E-state index is -0.234. The normalized spacial score (nSPS) is 18.3. The fraction of sp³-hybridized carbons (Fsp3) is 0.214. The summed E-state index contributed by atoms with van der Waals surface area (Å²) in [7, 11) is 0. The van der Waals surface area contributed by atoms with E-state index in [0.29, 0.717) is 21.6 Å². The molecule has 1 atom stereocenters. The van der Waals surface area contributed by atoms with Crippen LogP contribution >= 0.6 is 46.3 Å². The number of rotatable bonds is 3. The fourth-order valence-corrected chi connectivity index (χ4v) is 4.30. The van der Waals surface area contributed by atoms with Crippen molar-refractivity contribution < 1.29 is 4.79 Å². The number of carbonyl (C=O) groups excluding carboxylic acids is 1. The van der Waals surface area contributed by atoms with E-state index in [1.54, 1.807) is 19.2 Å². The zero-order chi connectivity index (χ0) is 15.9. The lowest BCUT2D eigenvalue weighted by Crippen LogP contribution is -2.30. The van der Waals surface area contributed by atoms with Crippen LogP contribution in [0.25, 0.3) is 0 Å². The number of anilines is 1. The molecule has 1 aliphatic rings. The number of hydrogen-bond donors (Lipinski definition) is 1. The van der Waals surface area contributed by atoms with Gasteiger partial charge < -0.3 is 0 Å². The quantitative estimate of drug-likeness (QED) is 0.866. The van der Waals surface area contributed by atoms with Gasteiger partial charge in [-0.1, -0.05) is 47.1 Å². The van der Waals surface area contributed by atoms with Gasteiger partial charge in [0, 0.05) is 17.5 Å². The second-order valence-corrected chi connectivity index (χ2v) is 7.95. The molecule has 3 rings (SSSR count). The van der Waals surface area contributed by atoms with Gasteiger partial charge >= 0.3 is 0 Å². The minimum Gasteiger partial charge on any atom is -0.278 e. The van der Waals surface area contributed by atoms with Gasteiger partial charge in [0.1, 0.15) is 0 Å². The highest BCUT2D eigenvalue weighted by Crippen LogP contribution is 2.35. The van der Waals surface area contributed by atoms with Crippen molar-refractivity contribution in [1.82, 2.24) is 4.98 Å². The van der Waals surface area contributed by atoms with Crippen molar-refractivity contribution in [3.63, 3.8) is 0 Å². The maximum atomic E-state index is 12.1. The standard InChI is InChI=1S/C14H11Cl2N3OS2/c1-7-12(20)19(13(17)21-7)14-18-6-9(22-14)5-8-3-2-4-10(15)11(8)16/h2-4,6-7,17H,5H2,1H3/t7-/m0/s1. The number of nitrogens with zero attached hydrogens (tertiary/aromatic N) is 2. The van der Waals surface area contributed by atoms with Gasteiger partial charge in [0.2, 0.25) is 5.91 Å². The number of nitrogens with one attached hydrogen (secondary N) is 1. The molecule has 1 aliphatic heterocycles. The molecule has 1 amide bonds. The summed E-state index contributed by atoms with van der Waals surface area (Å²) in [4.78, 5) is 18.7. The maximum absolute atomic E-state index is 12.1. The van der Waals surface area contributed by atoms with E-state index in [9.17, 15) is 4.79 Å². The molecule has 1 fully saturated rings. The summed E-state index contributed by atoms with van der Waals surface area (Å²) in [5.41, 5.74) is 0.912. The molecule has 1 saturated heterocycles. The van der Waals surface area contributed by atoms with Crippen LogP contribution < -0.4 is 4.90 Å². The Labute approximate surface area is 146 Å². The fourth-order valence-electron chi connectivity index (χ4n) is 2.09. The van der Waals surface area contributed by atoms with Crippen molar-refractivity contribution in [2.24, 2.45) is 0 Å². The molecule has 22 heavy (non-hydrogen) atoms. The second-order valence-electron chi connectivity index (χ2n) is 4.74. The number of halogens is 2. The van der Waals surface area contributed by atoms with Crippen LogP contribution in [0.15, 0.2) is 24.4 Å². The number of thiazole rings is 1. The Morgan fingerprint density at radius 2 is 2.18 bits per heavy atom. The minimum absolute atomic E-state index is 0.100. The Balaban J connectivity index is 1.84. The van der Waals surface area contributed by atoms with Gasteiger partial charge in [-0.3, -0.25) is 10.2 Å². The van der Waals surface area contributed by atoms with Crippen LogP contribution in [0.4, 0.5) is 5.13 Å². The van der Waals surface area contributed by atoms with E-state index in [4.69, 9.17) is 28.6 Å². The summed E-state index contributed by atoms with van der Waals surface area (Å²) in [6, 6.07) is 5.51. The number of benzene rings is 1. The molecule has 0 radical (unpaired) electrons. The topological polar surface area (TPSA) is 57.1 Å². The summed E-state index contributed by atoms with van der Waals surface area (Å²) >= 11 is 14.8. The number of aromatic nitrogens is 1. The number of carbonyl (C=O) groups is 1. The van der Waals surface area contributed by atoms with Gasteiger partial charge in [0.25, 0.3) is 0 Å². The molecular formula is C14H11Cl2N3OS2. The SMILES string of the molecule is C[C@@H]1SC(=N)N(c2ncc(Cc3cccc(Cl)c3Cl)s2)C1=O. The Morgan fingerprint density at radius 1 is 1.41 bits per heavy atom. The van der Waals surface area contributed by atoms with Gasteiger partial charge in [-0.15, -0.1) is 11.3 Å². The third-order valence-electron chi connectivity index (χ3n) is 3.19. The Morgan fingerprint density at radius 3 is 2.86 bits per heavy atom. The zero-order valence-electron chi connectivity index (χ0n) is 11.5. The van der Waals surface area contributed by atoms with Crippen LogP contribution in [0.2, 0.25) is 10.0 Å². The lowest BCUT2D eigenvalue weighted by molar-refractivity contribution is -0.116. The Bertz CT molecular complexity index is 762. The second kappa shape index (κ2) is 6.20. The van der Waals surface area contributed by atoms with Crippen LogP contribution in [0, 0.1) is 5.41 Å². The third kappa shape index (κ3) is 2.88. The molecular weight excluding hydrogens is 361 g/mol. The van der Waals surface area contributed by atoms with E-state index in [-0.39, 0.29) is 16.3 Å². The van der Waals surface area contributed by atoms with E-state index < -0.39 is 0 Å². The summed E-state index contributed by atoms with van der Waals surface area (Å²) in [5, 5.41) is 9.46. The monoisotopic (exact) mass is 371 g/mol. The van der Waals surface area contributed by atoms with Gasteiger partial charge in [-0.05, 0) is 18.6 Å². The predicted octanol–water partition coefficient (Wildman–Crippen LogP) is 4.44. The van der Waals surface area contributed by atoms with Gasteiger partial charge in [0.05, 0.1) is 15.3 Å². The molecule has 4 nitrogen and oxygen atoms in total. The number of amidine groups is 1. The number of thioether (sulfide) groups is 1. The first kappa shape index (κ1) is 15.8. The zero-order valence-corrected chi connectivity index (χ0v) is 14.6.